The summed E-state index contributed by atoms with van der Waals surface area (Å²) in [5, 5.41) is 2.02. The van der Waals surface area contributed by atoms with Crippen LogP contribution >= 0.6 is 11.3 Å². The van der Waals surface area contributed by atoms with Gasteiger partial charge in [-0.2, -0.15) is 0 Å². The van der Waals surface area contributed by atoms with Crippen molar-refractivity contribution in [2.75, 3.05) is 7.05 Å². The SMILES string of the molecule is CN(C(=O)Cc1cccs1)C1Cc2ccccc2C1. The van der Waals surface area contributed by atoms with Crippen LogP contribution in [0.2, 0.25) is 0 Å². The zero-order valence-corrected chi connectivity index (χ0v) is 11.8. The summed E-state index contributed by atoms with van der Waals surface area (Å²) in [6.07, 6.45) is 2.51. The highest BCUT2D eigenvalue weighted by Gasteiger charge is 2.27. The molecular formula is C16H17NOS. The molecule has 3 heteroatoms. The molecule has 19 heavy (non-hydrogen) atoms. The molecule has 0 radical (unpaired) electrons. The van der Waals surface area contributed by atoms with Crippen molar-refractivity contribution < 1.29 is 4.79 Å². The van der Waals surface area contributed by atoms with Crippen molar-refractivity contribution in [2.45, 2.75) is 25.3 Å². The van der Waals surface area contributed by atoms with Crippen molar-refractivity contribution in [3.8, 4) is 0 Å². The van der Waals surface area contributed by atoms with Crippen LogP contribution in [0.4, 0.5) is 0 Å². The summed E-state index contributed by atoms with van der Waals surface area (Å²) in [5.74, 6) is 0.222. The largest absolute Gasteiger partial charge is 0.342 e. The van der Waals surface area contributed by atoms with Gasteiger partial charge in [0, 0.05) is 18.0 Å². The Morgan fingerprint density at radius 1 is 1.21 bits per heavy atom. The van der Waals surface area contributed by atoms with E-state index < -0.39 is 0 Å². The molecule has 1 amide bonds. The minimum absolute atomic E-state index is 0.222. The number of benzene rings is 1. The second-order valence-electron chi connectivity index (χ2n) is 5.09. The van der Waals surface area contributed by atoms with Crippen molar-refractivity contribution in [1.29, 1.82) is 0 Å². The average molecular weight is 271 g/mol. The van der Waals surface area contributed by atoms with Gasteiger partial charge in [-0.3, -0.25) is 4.79 Å². The van der Waals surface area contributed by atoms with Crippen LogP contribution in [0, 0.1) is 0 Å². The van der Waals surface area contributed by atoms with E-state index in [4.69, 9.17) is 0 Å². The topological polar surface area (TPSA) is 20.3 Å². The molecule has 0 bridgehead atoms. The third-order valence-corrected chi connectivity index (χ3v) is 4.75. The predicted octanol–water partition coefficient (Wildman–Crippen LogP) is 2.92. The fourth-order valence-corrected chi connectivity index (χ4v) is 3.40. The maximum absolute atomic E-state index is 12.3. The van der Waals surface area contributed by atoms with Gasteiger partial charge in [-0.05, 0) is 35.4 Å². The van der Waals surface area contributed by atoms with Crippen LogP contribution in [0.5, 0.6) is 0 Å². The molecule has 0 fully saturated rings. The number of rotatable bonds is 3. The first-order chi connectivity index (χ1) is 9.24. The normalized spacial score (nSPS) is 14.4. The van der Waals surface area contributed by atoms with Crippen LogP contribution in [0.15, 0.2) is 41.8 Å². The van der Waals surface area contributed by atoms with E-state index in [1.165, 1.54) is 11.1 Å². The van der Waals surface area contributed by atoms with Gasteiger partial charge in [0.15, 0.2) is 0 Å². The van der Waals surface area contributed by atoms with Gasteiger partial charge in [0.05, 0.1) is 6.42 Å². The monoisotopic (exact) mass is 271 g/mol. The second kappa shape index (κ2) is 5.17. The highest BCUT2D eigenvalue weighted by Crippen LogP contribution is 2.25. The Labute approximate surface area is 117 Å². The molecule has 2 nitrogen and oxygen atoms in total. The van der Waals surface area contributed by atoms with Gasteiger partial charge in [0.1, 0.15) is 0 Å². The van der Waals surface area contributed by atoms with Crippen molar-refractivity contribution in [2.24, 2.45) is 0 Å². The smallest absolute Gasteiger partial charge is 0.227 e. The number of nitrogens with zero attached hydrogens (tertiary/aromatic N) is 1. The summed E-state index contributed by atoms with van der Waals surface area (Å²) in [5.41, 5.74) is 2.78. The quantitative estimate of drug-likeness (QED) is 0.840. The number of hydrogen-bond donors (Lipinski definition) is 0. The van der Waals surface area contributed by atoms with E-state index in [0.29, 0.717) is 12.5 Å². The van der Waals surface area contributed by atoms with Crippen LogP contribution in [0.1, 0.15) is 16.0 Å². The summed E-state index contributed by atoms with van der Waals surface area (Å²) in [4.78, 5) is 15.4. The van der Waals surface area contributed by atoms with Crippen LogP contribution in [-0.2, 0) is 24.1 Å². The molecule has 0 unspecified atom stereocenters. The Morgan fingerprint density at radius 2 is 1.89 bits per heavy atom. The van der Waals surface area contributed by atoms with Gasteiger partial charge < -0.3 is 4.90 Å². The number of hydrogen-bond acceptors (Lipinski definition) is 2. The number of thiophene rings is 1. The van der Waals surface area contributed by atoms with Crippen LogP contribution < -0.4 is 0 Å². The van der Waals surface area contributed by atoms with E-state index in [0.717, 1.165) is 17.7 Å². The van der Waals surface area contributed by atoms with E-state index >= 15 is 0 Å². The van der Waals surface area contributed by atoms with Gasteiger partial charge in [-0.1, -0.05) is 30.3 Å². The summed E-state index contributed by atoms with van der Waals surface area (Å²) < 4.78 is 0. The molecule has 0 atom stereocenters. The Hall–Kier alpha value is -1.61. The Morgan fingerprint density at radius 3 is 2.47 bits per heavy atom. The highest BCUT2D eigenvalue weighted by atomic mass is 32.1. The van der Waals surface area contributed by atoms with Crippen LogP contribution in [0.3, 0.4) is 0 Å². The predicted molar refractivity (Wildman–Crippen MR) is 78.4 cm³/mol. The molecule has 0 aliphatic heterocycles. The molecule has 1 aromatic carbocycles. The maximum Gasteiger partial charge on any atom is 0.227 e. The molecule has 0 spiro atoms. The van der Waals surface area contributed by atoms with Gasteiger partial charge >= 0.3 is 0 Å². The van der Waals surface area contributed by atoms with E-state index in [2.05, 4.69) is 24.3 Å². The fraction of sp³-hybridized carbons (Fsp3) is 0.312. The fourth-order valence-electron chi connectivity index (χ4n) is 2.70. The number of carbonyl (C=O) groups excluding carboxylic acids is 1. The molecule has 2 aromatic rings. The first kappa shape index (κ1) is 12.4. The lowest BCUT2D eigenvalue weighted by molar-refractivity contribution is -0.131. The molecule has 0 N–H and O–H groups in total. The molecule has 1 aliphatic rings. The number of amides is 1. The third-order valence-electron chi connectivity index (χ3n) is 3.88. The van der Waals surface area contributed by atoms with Gasteiger partial charge in [-0.25, -0.2) is 0 Å². The Kier molecular flexibility index (Phi) is 3.38. The molecule has 98 valence electrons. The first-order valence-electron chi connectivity index (χ1n) is 6.59. The summed E-state index contributed by atoms with van der Waals surface area (Å²) >= 11 is 1.65. The van der Waals surface area contributed by atoms with Crippen molar-refractivity contribution in [3.05, 3.63) is 57.8 Å². The number of fused-ring (bicyclic) bond motifs is 1. The molecule has 3 rings (SSSR count). The summed E-state index contributed by atoms with van der Waals surface area (Å²) in [6.45, 7) is 0. The molecular weight excluding hydrogens is 254 g/mol. The van der Waals surface area contributed by atoms with E-state index in [1.807, 2.05) is 29.5 Å². The van der Waals surface area contributed by atoms with E-state index in [-0.39, 0.29) is 5.91 Å². The molecule has 0 saturated carbocycles. The number of carbonyl (C=O) groups is 1. The summed E-state index contributed by atoms with van der Waals surface area (Å²) in [7, 11) is 1.94. The average Bonchev–Trinajstić information content (AvgIpc) is 3.05. The summed E-state index contributed by atoms with van der Waals surface area (Å²) in [6, 6.07) is 12.9. The lowest BCUT2D eigenvalue weighted by Gasteiger charge is -2.24. The zero-order chi connectivity index (χ0) is 13.2. The minimum atomic E-state index is 0.222. The highest BCUT2D eigenvalue weighted by molar-refractivity contribution is 7.10. The first-order valence-corrected chi connectivity index (χ1v) is 7.47. The molecule has 0 saturated heterocycles. The standard InChI is InChI=1S/C16H17NOS/c1-17(16(18)11-15-7-4-8-19-15)14-9-12-5-2-3-6-13(12)10-14/h2-8,14H,9-11H2,1H3. The zero-order valence-electron chi connectivity index (χ0n) is 11.0. The lowest BCUT2D eigenvalue weighted by atomic mass is 10.1. The van der Waals surface area contributed by atoms with Crippen LogP contribution in [-0.4, -0.2) is 23.9 Å². The molecule has 1 aliphatic carbocycles. The number of likely N-dealkylation sites (N-methyl/N-ethyl adjacent to an activating group) is 1. The Bertz CT molecular complexity index is 551. The molecule has 1 aromatic heterocycles. The van der Waals surface area contributed by atoms with Crippen molar-refractivity contribution in [1.82, 2.24) is 4.90 Å². The van der Waals surface area contributed by atoms with E-state index in [9.17, 15) is 4.79 Å². The van der Waals surface area contributed by atoms with Crippen LogP contribution in [0.25, 0.3) is 0 Å². The second-order valence-corrected chi connectivity index (χ2v) is 6.12. The minimum Gasteiger partial charge on any atom is -0.342 e. The molecule has 1 heterocycles. The lowest BCUT2D eigenvalue weighted by Crippen LogP contribution is -2.38. The van der Waals surface area contributed by atoms with Crippen molar-refractivity contribution >= 4 is 17.2 Å². The van der Waals surface area contributed by atoms with Crippen molar-refractivity contribution in [3.63, 3.8) is 0 Å². The van der Waals surface area contributed by atoms with Gasteiger partial charge in [0.25, 0.3) is 0 Å². The van der Waals surface area contributed by atoms with Gasteiger partial charge in [-0.15, -0.1) is 11.3 Å². The third kappa shape index (κ3) is 2.56. The Balaban J connectivity index is 1.66. The van der Waals surface area contributed by atoms with Gasteiger partial charge in [0.2, 0.25) is 5.91 Å². The maximum atomic E-state index is 12.3. The van der Waals surface area contributed by atoms with E-state index in [1.54, 1.807) is 11.3 Å².